The van der Waals surface area contributed by atoms with Gasteiger partial charge < -0.3 is 5.11 Å². The van der Waals surface area contributed by atoms with Crippen molar-refractivity contribution in [1.29, 1.82) is 4.78 Å². The van der Waals surface area contributed by atoms with Crippen LogP contribution in [0.1, 0.15) is 13.3 Å². The van der Waals surface area contributed by atoms with E-state index in [1.807, 2.05) is 0 Å². The lowest BCUT2D eigenvalue weighted by molar-refractivity contribution is -0.129. The summed E-state index contributed by atoms with van der Waals surface area (Å²) in [5, 5.41) is 8.19. The molecule has 52 valence electrons. The summed E-state index contributed by atoms with van der Waals surface area (Å²) in [5.74, 6) is -1.24. The molecule has 2 N–H and O–H groups in total. The highest BCUT2D eigenvalue weighted by atomic mass is 32.2. The molecule has 5 heteroatoms. The highest BCUT2D eigenvalue weighted by Gasteiger charge is 2.04. The van der Waals surface area contributed by atoms with Gasteiger partial charge in [-0.25, -0.2) is 13.8 Å². The number of rotatable bonds is 2. The minimum Gasteiger partial charge on any atom is -0.477 e. The van der Waals surface area contributed by atoms with Crippen LogP contribution in [0.4, 0.5) is 0 Å². The van der Waals surface area contributed by atoms with Crippen molar-refractivity contribution in [3.63, 3.8) is 0 Å². The minimum atomic E-state index is -2.07. The van der Waals surface area contributed by atoms with Crippen molar-refractivity contribution < 1.29 is 14.1 Å². The van der Waals surface area contributed by atoms with E-state index < -0.39 is 16.2 Å². The van der Waals surface area contributed by atoms with Crippen molar-refractivity contribution in [3.8, 4) is 0 Å². The van der Waals surface area contributed by atoms with E-state index in [2.05, 4.69) is 0 Å². The second-order valence-electron chi connectivity index (χ2n) is 1.35. The maximum absolute atomic E-state index is 10.2. The first kappa shape index (κ1) is 8.16. The maximum Gasteiger partial charge on any atom is 0.345 e. The number of aliphatic carboxylic acids is 1. The fraction of sp³-hybridized carbons (Fsp3) is 0.500. The predicted molar refractivity (Wildman–Crippen MR) is 33.8 cm³/mol. The van der Waals surface area contributed by atoms with Gasteiger partial charge in [0.2, 0.25) is 0 Å². The Morgan fingerprint density at radius 2 is 2.22 bits per heavy atom. The first-order valence-electron chi connectivity index (χ1n) is 2.31. The molecule has 0 fully saturated rings. The largest absolute Gasteiger partial charge is 0.477 e. The third-order valence-corrected chi connectivity index (χ3v) is 1.69. The quantitative estimate of drug-likeness (QED) is 0.549. The Kier molecular flexibility index (Phi) is 2.94. The Hall–Kier alpha value is -0.840. The van der Waals surface area contributed by atoms with E-state index in [-0.39, 0.29) is 11.3 Å². The summed E-state index contributed by atoms with van der Waals surface area (Å²) < 4.78 is 16.7. The van der Waals surface area contributed by atoms with E-state index in [4.69, 9.17) is 9.89 Å². The van der Waals surface area contributed by atoms with E-state index in [9.17, 15) is 9.00 Å². The molecule has 0 unspecified atom stereocenters. The molecular weight excluding hydrogens is 142 g/mol. The van der Waals surface area contributed by atoms with Crippen molar-refractivity contribution in [2.24, 2.45) is 0 Å². The number of carbonyl (C=O) groups is 1. The highest BCUT2D eigenvalue weighted by molar-refractivity contribution is 7.75. The predicted octanol–water partition coefficient (Wildman–Crippen LogP) is 0.164. The average molecular weight is 149 g/mol. The van der Waals surface area contributed by atoms with E-state index in [0.29, 0.717) is 0 Å². The lowest BCUT2D eigenvalue weighted by atomic mass is 10.3. The van der Waals surface area contributed by atoms with Crippen LogP contribution in [0.5, 0.6) is 0 Å². The topological polar surface area (TPSA) is 78.2 Å². The summed E-state index contributed by atoms with van der Waals surface area (Å²) in [7, 11) is -2.07. The summed E-state index contributed by atoms with van der Waals surface area (Å²) in [6, 6.07) is 0. The van der Waals surface area contributed by atoms with Crippen LogP contribution in [0.2, 0.25) is 0 Å². The first-order chi connectivity index (χ1) is 4.09. The van der Waals surface area contributed by atoms with Gasteiger partial charge in [0.15, 0.2) is 0 Å². The molecule has 0 amide bonds. The fourth-order valence-corrected chi connectivity index (χ4v) is 0.782. The van der Waals surface area contributed by atoms with Gasteiger partial charge in [-0.05, 0) is 6.42 Å². The van der Waals surface area contributed by atoms with Crippen molar-refractivity contribution in [2.45, 2.75) is 13.3 Å². The van der Waals surface area contributed by atoms with Crippen LogP contribution in [-0.4, -0.2) is 20.1 Å². The molecule has 0 aliphatic rings. The van der Waals surface area contributed by atoms with Gasteiger partial charge in [-0.15, -0.1) is 0 Å². The SMILES string of the molecule is CCC(C(=O)O)=S(=N)=O. The highest BCUT2D eigenvalue weighted by Crippen LogP contribution is 1.81. The van der Waals surface area contributed by atoms with Gasteiger partial charge in [-0.2, -0.15) is 0 Å². The Morgan fingerprint density at radius 1 is 1.78 bits per heavy atom. The second-order valence-corrected chi connectivity index (χ2v) is 2.38. The van der Waals surface area contributed by atoms with E-state index in [1.54, 1.807) is 6.92 Å². The zero-order valence-corrected chi connectivity index (χ0v) is 5.70. The van der Waals surface area contributed by atoms with Crippen molar-refractivity contribution in [2.75, 3.05) is 0 Å². The molecule has 9 heavy (non-hydrogen) atoms. The Labute approximate surface area is 54.1 Å². The van der Waals surface area contributed by atoms with Crippen LogP contribution in [0, 0.1) is 4.78 Å². The average Bonchev–Trinajstić information content (AvgIpc) is 1.64. The first-order valence-corrected chi connectivity index (χ1v) is 3.46. The van der Waals surface area contributed by atoms with Crippen LogP contribution >= 0.6 is 0 Å². The van der Waals surface area contributed by atoms with Crippen LogP contribution in [0.15, 0.2) is 0 Å². The summed E-state index contributed by atoms with van der Waals surface area (Å²) in [6.45, 7) is 1.55. The van der Waals surface area contributed by atoms with Crippen LogP contribution in [0.3, 0.4) is 0 Å². The van der Waals surface area contributed by atoms with Gasteiger partial charge in [0, 0.05) is 0 Å². The van der Waals surface area contributed by atoms with E-state index >= 15 is 0 Å². The molecule has 0 spiro atoms. The molecule has 0 aromatic rings. The smallest absolute Gasteiger partial charge is 0.345 e. The zero-order chi connectivity index (χ0) is 7.44. The molecule has 0 radical (unpaired) electrons. The zero-order valence-electron chi connectivity index (χ0n) is 4.88. The van der Waals surface area contributed by atoms with Crippen molar-refractivity contribution in [1.82, 2.24) is 0 Å². The molecule has 0 rings (SSSR count). The summed E-state index contributed by atoms with van der Waals surface area (Å²) in [4.78, 5) is 9.77. The Morgan fingerprint density at radius 3 is 2.22 bits per heavy atom. The molecule has 0 atom stereocenters. The number of hydrogen-bond donors (Lipinski definition) is 2. The molecule has 0 bridgehead atoms. The number of carboxylic acids is 1. The summed E-state index contributed by atoms with van der Waals surface area (Å²) in [6.07, 6.45) is 0.158. The van der Waals surface area contributed by atoms with Crippen molar-refractivity contribution in [3.05, 3.63) is 0 Å². The molecule has 4 nitrogen and oxygen atoms in total. The molecule has 0 aromatic carbocycles. The van der Waals surface area contributed by atoms with Crippen molar-refractivity contribution >= 4 is 21.0 Å². The molecular formula is C4H7NO3S. The molecule has 0 aliphatic carbocycles. The van der Waals surface area contributed by atoms with Gasteiger partial charge in [0.05, 0.1) is 0 Å². The number of nitrogens with one attached hydrogen (secondary N) is 1. The van der Waals surface area contributed by atoms with Gasteiger partial charge in [0.25, 0.3) is 0 Å². The minimum absolute atomic E-state index is 0.158. The summed E-state index contributed by atoms with van der Waals surface area (Å²) >= 11 is 0. The van der Waals surface area contributed by atoms with Gasteiger partial charge in [0.1, 0.15) is 15.0 Å². The third-order valence-electron chi connectivity index (χ3n) is 0.783. The number of hydrogen-bond acceptors (Lipinski definition) is 3. The lowest BCUT2D eigenvalue weighted by Crippen LogP contribution is -2.11. The molecule has 0 saturated heterocycles. The van der Waals surface area contributed by atoms with E-state index in [0.717, 1.165) is 0 Å². The van der Waals surface area contributed by atoms with Gasteiger partial charge in [-0.3, -0.25) is 0 Å². The summed E-state index contributed by atoms with van der Waals surface area (Å²) in [5.41, 5.74) is 0. The standard InChI is InChI=1S/C4H7NO3S/c1-2-3(4(6)7)9(5)8/h5H,2H2,1H3,(H,6,7). The molecule has 0 aromatic heterocycles. The van der Waals surface area contributed by atoms with Gasteiger partial charge >= 0.3 is 5.97 Å². The third kappa shape index (κ3) is 2.27. The van der Waals surface area contributed by atoms with Crippen LogP contribution < -0.4 is 0 Å². The second kappa shape index (κ2) is 3.24. The Bertz CT molecular complexity index is 231. The number of carboxylic acid groups (broad SMARTS) is 1. The fourth-order valence-electron chi connectivity index (χ4n) is 0.362. The monoisotopic (exact) mass is 149 g/mol. The van der Waals surface area contributed by atoms with Crippen LogP contribution in [0.25, 0.3) is 0 Å². The van der Waals surface area contributed by atoms with E-state index in [1.165, 1.54) is 0 Å². The molecule has 0 heterocycles. The lowest BCUT2D eigenvalue weighted by Gasteiger charge is -1.86. The van der Waals surface area contributed by atoms with Crippen LogP contribution in [-0.2, 0) is 15.0 Å². The molecule has 0 saturated carbocycles. The maximum atomic E-state index is 10.2. The Balaban J connectivity index is 4.80. The normalized spacial score (nSPS) is 8.56. The molecule has 0 aliphatic heterocycles. The van der Waals surface area contributed by atoms with Gasteiger partial charge in [-0.1, -0.05) is 6.92 Å².